The summed E-state index contributed by atoms with van der Waals surface area (Å²) in [6.07, 6.45) is 11.2. The van der Waals surface area contributed by atoms with Crippen LogP contribution in [0.2, 0.25) is 0 Å². The van der Waals surface area contributed by atoms with Crippen LogP contribution in [-0.4, -0.2) is 29.4 Å². The summed E-state index contributed by atoms with van der Waals surface area (Å²) in [4.78, 5) is 15.3. The van der Waals surface area contributed by atoms with Gasteiger partial charge < -0.3 is 10.6 Å². The Morgan fingerprint density at radius 2 is 1.75 bits per heavy atom. The van der Waals surface area contributed by atoms with Gasteiger partial charge in [-0.3, -0.25) is 4.79 Å². The topological polar surface area (TPSA) is 46.3 Å². The van der Waals surface area contributed by atoms with E-state index < -0.39 is 0 Å². The molecule has 114 valence electrons. The van der Waals surface area contributed by atoms with E-state index in [1.54, 1.807) is 0 Å². The molecule has 5 atom stereocenters. The number of nitrogens with two attached hydrogens (primary N) is 1. The summed E-state index contributed by atoms with van der Waals surface area (Å²) in [5, 5.41) is 0. The molecule has 0 aromatic heterocycles. The van der Waals surface area contributed by atoms with E-state index in [2.05, 4.69) is 11.8 Å². The number of nitrogens with zero attached hydrogens (tertiary/aromatic N) is 1. The number of amides is 1. The maximum Gasteiger partial charge on any atom is 0.227 e. The molecule has 0 spiro atoms. The third-order valence-electron chi connectivity index (χ3n) is 6.08. The first-order valence-electron chi connectivity index (χ1n) is 8.74. The molecular formula is C17H30N2O. The highest BCUT2D eigenvalue weighted by Gasteiger charge is 2.42. The van der Waals surface area contributed by atoms with Crippen LogP contribution in [0.25, 0.3) is 0 Å². The number of fused-ring (bicyclic) bond motifs is 1. The van der Waals surface area contributed by atoms with Crippen LogP contribution in [0.15, 0.2) is 0 Å². The van der Waals surface area contributed by atoms with Crippen molar-refractivity contribution in [3.63, 3.8) is 0 Å². The first-order chi connectivity index (χ1) is 9.68. The maximum absolute atomic E-state index is 13.1. The van der Waals surface area contributed by atoms with E-state index in [9.17, 15) is 4.79 Å². The van der Waals surface area contributed by atoms with Crippen LogP contribution in [0.5, 0.6) is 0 Å². The first kappa shape index (κ1) is 14.4. The average Bonchev–Trinajstić information content (AvgIpc) is 2.46. The lowest BCUT2D eigenvalue weighted by molar-refractivity contribution is -0.145. The van der Waals surface area contributed by atoms with Gasteiger partial charge in [-0.2, -0.15) is 0 Å². The molecule has 3 aliphatic rings. The van der Waals surface area contributed by atoms with Crippen molar-refractivity contribution in [2.24, 2.45) is 23.5 Å². The van der Waals surface area contributed by atoms with Crippen molar-refractivity contribution in [1.82, 2.24) is 4.90 Å². The van der Waals surface area contributed by atoms with Gasteiger partial charge in [0.25, 0.3) is 0 Å². The standard InChI is InChI=1S/C17H30N2O/c1-12-6-4-9-14(18)16(12)17(20)19-11-5-8-13-7-2-3-10-15(13)19/h12-16H,2-11,18H2,1H3/t12?,13-,14?,15-,16?/m1/s1. The van der Waals surface area contributed by atoms with Gasteiger partial charge in [0, 0.05) is 18.6 Å². The SMILES string of the molecule is CC1CCCC(N)C1C(=O)N1CCC[C@H]2CCCC[C@H]21. The largest absolute Gasteiger partial charge is 0.339 e. The van der Waals surface area contributed by atoms with Gasteiger partial charge >= 0.3 is 0 Å². The zero-order valence-electron chi connectivity index (χ0n) is 12.9. The summed E-state index contributed by atoms with van der Waals surface area (Å²) in [5.74, 6) is 1.72. The van der Waals surface area contributed by atoms with E-state index >= 15 is 0 Å². The van der Waals surface area contributed by atoms with Crippen LogP contribution in [0.1, 0.15) is 64.7 Å². The number of piperidine rings is 1. The molecule has 3 nitrogen and oxygen atoms in total. The van der Waals surface area contributed by atoms with Gasteiger partial charge in [-0.25, -0.2) is 0 Å². The molecule has 0 aromatic rings. The van der Waals surface area contributed by atoms with Crippen LogP contribution in [-0.2, 0) is 4.79 Å². The Labute approximate surface area is 123 Å². The summed E-state index contributed by atoms with van der Waals surface area (Å²) in [6, 6.07) is 0.626. The molecule has 3 unspecified atom stereocenters. The molecule has 1 saturated heterocycles. The predicted molar refractivity (Wildman–Crippen MR) is 81.2 cm³/mol. The van der Waals surface area contributed by atoms with Crippen LogP contribution >= 0.6 is 0 Å². The smallest absolute Gasteiger partial charge is 0.227 e. The minimum Gasteiger partial charge on any atom is -0.339 e. The molecule has 0 radical (unpaired) electrons. The summed E-state index contributed by atoms with van der Waals surface area (Å²) in [7, 11) is 0. The Kier molecular flexibility index (Phi) is 4.34. The minimum atomic E-state index is 0.0874. The Hall–Kier alpha value is -0.570. The Bertz CT molecular complexity index is 345. The van der Waals surface area contributed by atoms with E-state index in [0.717, 1.165) is 18.9 Å². The molecule has 2 saturated carbocycles. The molecule has 20 heavy (non-hydrogen) atoms. The van der Waals surface area contributed by atoms with E-state index in [-0.39, 0.29) is 12.0 Å². The van der Waals surface area contributed by atoms with Crippen molar-refractivity contribution < 1.29 is 4.79 Å². The molecule has 1 amide bonds. The third-order valence-corrected chi connectivity index (χ3v) is 6.08. The molecule has 2 N–H and O–H groups in total. The van der Waals surface area contributed by atoms with Gasteiger partial charge in [-0.1, -0.05) is 26.2 Å². The summed E-state index contributed by atoms with van der Waals surface area (Å²) < 4.78 is 0. The number of hydrogen-bond donors (Lipinski definition) is 1. The van der Waals surface area contributed by atoms with E-state index in [0.29, 0.717) is 17.9 Å². The second kappa shape index (κ2) is 6.05. The lowest BCUT2D eigenvalue weighted by Crippen LogP contribution is -2.56. The van der Waals surface area contributed by atoms with Gasteiger partial charge in [-0.05, 0) is 50.4 Å². The molecule has 3 rings (SSSR count). The first-order valence-corrected chi connectivity index (χ1v) is 8.74. The molecule has 2 aliphatic carbocycles. The molecule has 3 heteroatoms. The van der Waals surface area contributed by atoms with Gasteiger partial charge in [0.1, 0.15) is 0 Å². The van der Waals surface area contributed by atoms with E-state index in [1.165, 1.54) is 51.4 Å². The van der Waals surface area contributed by atoms with Crippen molar-refractivity contribution in [2.75, 3.05) is 6.54 Å². The Morgan fingerprint density at radius 1 is 1.00 bits per heavy atom. The van der Waals surface area contributed by atoms with Crippen LogP contribution < -0.4 is 5.73 Å². The van der Waals surface area contributed by atoms with Crippen molar-refractivity contribution in [3.05, 3.63) is 0 Å². The molecule has 0 aromatic carbocycles. The summed E-state index contributed by atoms with van der Waals surface area (Å²) in [6.45, 7) is 3.21. The second-order valence-corrected chi connectivity index (χ2v) is 7.38. The fourth-order valence-corrected chi connectivity index (χ4v) is 4.97. The minimum absolute atomic E-state index is 0.0874. The third kappa shape index (κ3) is 2.61. The second-order valence-electron chi connectivity index (χ2n) is 7.38. The highest BCUT2D eigenvalue weighted by Crippen LogP contribution is 2.38. The zero-order chi connectivity index (χ0) is 14.1. The fourth-order valence-electron chi connectivity index (χ4n) is 4.97. The molecule has 1 heterocycles. The van der Waals surface area contributed by atoms with Crippen LogP contribution in [0.4, 0.5) is 0 Å². The molecule has 1 aliphatic heterocycles. The van der Waals surface area contributed by atoms with Crippen molar-refractivity contribution in [2.45, 2.75) is 76.8 Å². The number of hydrogen-bond acceptors (Lipinski definition) is 2. The van der Waals surface area contributed by atoms with Gasteiger partial charge in [0.2, 0.25) is 5.91 Å². The molecule has 3 fully saturated rings. The van der Waals surface area contributed by atoms with Gasteiger partial charge in [-0.15, -0.1) is 0 Å². The fraction of sp³-hybridized carbons (Fsp3) is 0.941. The number of rotatable bonds is 1. The Morgan fingerprint density at radius 3 is 2.55 bits per heavy atom. The predicted octanol–water partition coefficient (Wildman–Crippen LogP) is 2.93. The quantitative estimate of drug-likeness (QED) is 0.801. The highest BCUT2D eigenvalue weighted by molar-refractivity contribution is 5.80. The van der Waals surface area contributed by atoms with Crippen molar-refractivity contribution >= 4 is 5.91 Å². The lowest BCUT2D eigenvalue weighted by atomic mass is 9.74. The normalized spacial score (nSPS) is 42.1. The highest BCUT2D eigenvalue weighted by atomic mass is 16.2. The molecular weight excluding hydrogens is 248 g/mol. The maximum atomic E-state index is 13.1. The van der Waals surface area contributed by atoms with Crippen molar-refractivity contribution in [1.29, 1.82) is 0 Å². The van der Waals surface area contributed by atoms with E-state index in [1.807, 2.05) is 0 Å². The monoisotopic (exact) mass is 278 g/mol. The Balaban J connectivity index is 1.74. The van der Waals surface area contributed by atoms with Gasteiger partial charge in [0.15, 0.2) is 0 Å². The number of carbonyl (C=O) groups is 1. The van der Waals surface area contributed by atoms with Crippen LogP contribution in [0.3, 0.4) is 0 Å². The summed E-state index contributed by atoms with van der Waals surface area (Å²) >= 11 is 0. The van der Waals surface area contributed by atoms with Crippen molar-refractivity contribution in [3.8, 4) is 0 Å². The average molecular weight is 278 g/mol. The lowest BCUT2D eigenvalue weighted by Gasteiger charge is -2.47. The summed E-state index contributed by atoms with van der Waals surface area (Å²) in [5.41, 5.74) is 6.30. The molecule has 0 bridgehead atoms. The van der Waals surface area contributed by atoms with E-state index in [4.69, 9.17) is 5.73 Å². The number of carbonyl (C=O) groups excluding carboxylic acids is 1. The number of likely N-dealkylation sites (tertiary alicyclic amines) is 1. The van der Waals surface area contributed by atoms with Crippen LogP contribution in [0, 0.1) is 17.8 Å². The zero-order valence-corrected chi connectivity index (χ0v) is 12.9. The van der Waals surface area contributed by atoms with Gasteiger partial charge in [0.05, 0.1) is 5.92 Å².